The second-order valence-corrected chi connectivity index (χ2v) is 6.56. The third-order valence-corrected chi connectivity index (χ3v) is 4.59. The maximum Gasteiger partial charge on any atom is 0.191 e. The third kappa shape index (κ3) is 7.78. The largest absolute Gasteiger partial charge is 0.379 e. The Morgan fingerprint density at radius 3 is 2.91 bits per heavy atom. The monoisotopic (exact) mass is 437 g/mol. The van der Waals surface area contributed by atoms with Crippen molar-refractivity contribution in [2.24, 2.45) is 10.9 Å². The van der Waals surface area contributed by atoms with Crippen LogP contribution in [0.4, 0.5) is 0 Å². The van der Waals surface area contributed by atoms with E-state index >= 15 is 0 Å². The number of rotatable bonds is 9. The highest BCUT2D eigenvalue weighted by Gasteiger charge is 2.20. The topological polar surface area (TPSA) is 45.7 Å². The molecule has 1 aromatic rings. The van der Waals surface area contributed by atoms with E-state index in [1.165, 1.54) is 17.7 Å². The molecule has 1 aromatic heterocycles. The minimum Gasteiger partial charge on any atom is -0.379 e. The van der Waals surface area contributed by atoms with Crippen molar-refractivity contribution in [1.29, 1.82) is 0 Å². The van der Waals surface area contributed by atoms with Crippen molar-refractivity contribution in [3.05, 3.63) is 22.4 Å². The molecule has 126 valence electrons. The number of nitrogens with zero attached hydrogens (tertiary/aromatic N) is 1. The lowest BCUT2D eigenvalue weighted by Crippen LogP contribution is -2.39. The van der Waals surface area contributed by atoms with Gasteiger partial charge < -0.3 is 15.4 Å². The van der Waals surface area contributed by atoms with E-state index in [2.05, 4.69) is 47.0 Å². The maximum absolute atomic E-state index is 5.63. The van der Waals surface area contributed by atoms with Crippen LogP contribution in [0, 0.1) is 5.92 Å². The highest BCUT2D eigenvalue weighted by molar-refractivity contribution is 14.0. The molecule has 2 N–H and O–H groups in total. The zero-order chi connectivity index (χ0) is 14.9. The maximum atomic E-state index is 5.63. The summed E-state index contributed by atoms with van der Waals surface area (Å²) in [6.07, 6.45) is 2.69. The van der Waals surface area contributed by atoms with Gasteiger partial charge in [0, 0.05) is 30.5 Å². The van der Waals surface area contributed by atoms with Gasteiger partial charge in [-0.05, 0) is 37.1 Å². The zero-order valence-corrected chi connectivity index (χ0v) is 16.7. The molecule has 1 aliphatic carbocycles. The van der Waals surface area contributed by atoms with Crippen molar-refractivity contribution in [3.8, 4) is 0 Å². The number of aliphatic imine (C=N–C) groups is 1. The second-order valence-electron chi connectivity index (χ2n) is 5.58. The van der Waals surface area contributed by atoms with E-state index in [1.54, 1.807) is 11.3 Å². The van der Waals surface area contributed by atoms with Gasteiger partial charge in [-0.15, -0.1) is 35.3 Å². The summed E-state index contributed by atoms with van der Waals surface area (Å²) in [5.41, 5.74) is 0. The molecule has 0 spiro atoms. The Balaban J connectivity index is 0.00000242. The average Bonchev–Trinajstić information content (AvgIpc) is 3.14. The lowest BCUT2D eigenvalue weighted by Gasteiger charge is -2.13. The van der Waals surface area contributed by atoms with E-state index in [9.17, 15) is 0 Å². The lowest BCUT2D eigenvalue weighted by atomic mass is 10.1. The second kappa shape index (κ2) is 11.2. The van der Waals surface area contributed by atoms with Gasteiger partial charge in [0.05, 0.1) is 13.2 Å². The Kier molecular flexibility index (Phi) is 10.1. The van der Waals surface area contributed by atoms with Crippen LogP contribution < -0.4 is 10.6 Å². The number of hydrogen-bond donors (Lipinski definition) is 2. The molecular formula is C16H28IN3OS. The van der Waals surface area contributed by atoms with Crippen LogP contribution in [0.3, 0.4) is 0 Å². The van der Waals surface area contributed by atoms with Crippen LogP contribution in [0.1, 0.15) is 37.5 Å². The first-order valence-corrected chi connectivity index (χ1v) is 8.81. The van der Waals surface area contributed by atoms with Crippen molar-refractivity contribution in [2.75, 3.05) is 32.8 Å². The molecule has 0 bridgehead atoms. The highest BCUT2D eigenvalue weighted by atomic mass is 127. The molecule has 1 saturated carbocycles. The number of halogens is 1. The van der Waals surface area contributed by atoms with Gasteiger partial charge >= 0.3 is 0 Å². The van der Waals surface area contributed by atoms with Crippen LogP contribution in [-0.4, -0.2) is 38.8 Å². The molecule has 2 rings (SSSR count). The number of hydrogen-bond acceptors (Lipinski definition) is 3. The van der Waals surface area contributed by atoms with Crippen molar-refractivity contribution in [3.63, 3.8) is 0 Å². The van der Waals surface area contributed by atoms with Crippen LogP contribution in [0.2, 0.25) is 0 Å². The minimum atomic E-state index is 0. The Bertz CT molecular complexity index is 421. The SMILES string of the molecule is CCNC(=NCC(C)c1cccs1)NCCOCC1CC1.I. The number of thiophene rings is 1. The molecule has 0 radical (unpaired) electrons. The Morgan fingerprint density at radius 1 is 1.45 bits per heavy atom. The highest BCUT2D eigenvalue weighted by Crippen LogP contribution is 2.28. The summed E-state index contributed by atoms with van der Waals surface area (Å²) >= 11 is 1.80. The van der Waals surface area contributed by atoms with Gasteiger partial charge in [-0.2, -0.15) is 0 Å². The van der Waals surface area contributed by atoms with Gasteiger partial charge in [0.1, 0.15) is 0 Å². The van der Waals surface area contributed by atoms with Crippen molar-refractivity contribution in [2.45, 2.75) is 32.6 Å². The number of nitrogens with one attached hydrogen (secondary N) is 2. The van der Waals surface area contributed by atoms with Crippen LogP contribution in [0.25, 0.3) is 0 Å². The molecule has 1 aliphatic rings. The summed E-state index contributed by atoms with van der Waals surface area (Å²) in [6, 6.07) is 4.28. The quantitative estimate of drug-likeness (QED) is 0.269. The molecule has 1 heterocycles. The van der Waals surface area contributed by atoms with Crippen LogP contribution in [0.15, 0.2) is 22.5 Å². The summed E-state index contributed by atoms with van der Waals surface area (Å²) in [6.45, 7) is 8.47. The van der Waals surface area contributed by atoms with E-state index in [-0.39, 0.29) is 24.0 Å². The normalized spacial score (nSPS) is 16.0. The van der Waals surface area contributed by atoms with Gasteiger partial charge in [0.25, 0.3) is 0 Å². The molecule has 4 nitrogen and oxygen atoms in total. The Morgan fingerprint density at radius 2 is 2.27 bits per heavy atom. The molecule has 1 unspecified atom stereocenters. The first-order chi connectivity index (χ1) is 10.3. The van der Waals surface area contributed by atoms with E-state index in [4.69, 9.17) is 4.74 Å². The van der Waals surface area contributed by atoms with Crippen molar-refractivity contribution in [1.82, 2.24) is 10.6 Å². The van der Waals surface area contributed by atoms with Gasteiger partial charge in [0.2, 0.25) is 0 Å². The standard InChI is InChI=1S/C16H27N3OS.HI/c1-3-17-16(18-8-9-20-12-14-6-7-14)19-11-13(2)15-5-4-10-21-15;/h4-5,10,13-14H,3,6-9,11-12H2,1-2H3,(H2,17,18,19);1H. The first-order valence-electron chi connectivity index (χ1n) is 7.93. The fourth-order valence-corrected chi connectivity index (χ4v) is 2.79. The predicted molar refractivity (Wildman–Crippen MR) is 106 cm³/mol. The summed E-state index contributed by atoms with van der Waals surface area (Å²) in [5.74, 6) is 2.18. The third-order valence-electron chi connectivity index (χ3n) is 3.49. The van der Waals surface area contributed by atoms with E-state index in [1.807, 2.05) is 0 Å². The fourth-order valence-electron chi connectivity index (χ4n) is 2.01. The molecule has 1 fully saturated rings. The van der Waals surface area contributed by atoms with Crippen molar-refractivity contribution < 1.29 is 4.74 Å². The Labute approximate surface area is 155 Å². The summed E-state index contributed by atoms with van der Waals surface area (Å²) in [4.78, 5) is 6.05. The molecule has 0 aromatic carbocycles. The molecule has 0 aliphatic heterocycles. The zero-order valence-electron chi connectivity index (χ0n) is 13.5. The van der Waals surface area contributed by atoms with Crippen LogP contribution in [0.5, 0.6) is 0 Å². The van der Waals surface area contributed by atoms with Crippen LogP contribution in [-0.2, 0) is 4.74 Å². The Hall–Kier alpha value is -0.340. The smallest absolute Gasteiger partial charge is 0.191 e. The molecular weight excluding hydrogens is 409 g/mol. The summed E-state index contributed by atoms with van der Waals surface area (Å²) < 4.78 is 5.63. The van der Waals surface area contributed by atoms with E-state index < -0.39 is 0 Å². The summed E-state index contributed by atoms with van der Waals surface area (Å²) in [7, 11) is 0. The molecule has 0 saturated heterocycles. The van der Waals surface area contributed by atoms with Gasteiger partial charge in [-0.25, -0.2) is 0 Å². The average molecular weight is 437 g/mol. The fraction of sp³-hybridized carbons (Fsp3) is 0.688. The van der Waals surface area contributed by atoms with Gasteiger partial charge in [-0.3, -0.25) is 4.99 Å². The lowest BCUT2D eigenvalue weighted by molar-refractivity contribution is 0.129. The van der Waals surface area contributed by atoms with Gasteiger partial charge in [0.15, 0.2) is 5.96 Å². The minimum absolute atomic E-state index is 0. The van der Waals surface area contributed by atoms with Crippen molar-refractivity contribution >= 4 is 41.3 Å². The molecule has 1 atom stereocenters. The van der Waals surface area contributed by atoms with E-state index in [0.717, 1.165) is 44.7 Å². The number of ether oxygens (including phenoxy) is 1. The molecule has 6 heteroatoms. The van der Waals surface area contributed by atoms with Gasteiger partial charge in [-0.1, -0.05) is 13.0 Å². The predicted octanol–water partition coefficient (Wildman–Crippen LogP) is 3.45. The molecule has 0 amide bonds. The van der Waals surface area contributed by atoms with E-state index in [0.29, 0.717) is 5.92 Å². The van der Waals surface area contributed by atoms with Crippen LogP contribution >= 0.6 is 35.3 Å². The summed E-state index contributed by atoms with van der Waals surface area (Å²) in [5, 5.41) is 8.74. The number of guanidine groups is 1. The molecule has 22 heavy (non-hydrogen) atoms. The first kappa shape index (κ1) is 19.7.